The van der Waals surface area contributed by atoms with Crippen molar-refractivity contribution in [2.75, 3.05) is 21.2 Å². The van der Waals surface area contributed by atoms with Crippen molar-refractivity contribution < 1.29 is 77.4 Å². The molecule has 3 saturated heterocycles. The third-order valence-corrected chi connectivity index (χ3v) is 13.7. The predicted octanol–water partition coefficient (Wildman–Crippen LogP) is 4.51. The molecule has 3 aliphatic rings. The Kier molecular flexibility index (Phi) is 18.6. The van der Waals surface area contributed by atoms with Gasteiger partial charge in [0.05, 0.1) is 54.2 Å². The second-order valence-corrected chi connectivity index (χ2v) is 19.4. The van der Waals surface area contributed by atoms with Crippen molar-refractivity contribution in [2.24, 2.45) is 23.7 Å². The van der Waals surface area contributed by atoms with Crippen molar-refractivity contribution in [3.8, 4) is 0 Å². The van der Waals surface area contributed by atoms with Gasteiger partial charge in [0.15, 0.2) is 24.8 Å². The average Bonchev–Trinajstić information content (AvgIpc) is 3.23. The number of ether oxygens (including phenoxy) is 9. The van der Waals surface area contributed by atoms with E-state index in [2.05, 4.69) is 0 Å². The number of hydrogen-bond donors (Lipinski definition) is 4. The van der Waals surface area contributed by atoms with Crippen LogP contribution in [0.2, 0.25) is 0 Å². The normalized spacial score (nSPS) is 42.8. The van der Waals surface area contributed by atoms with Gasteiger partial charge in [0.25, 0.3) is 0 Å². The van der Waals surface area contributed by atoms with E-state index < -0.39 is 120 Å². The number of nitrogens with zero attached hydrogens (tertiary/aromatic N) is 1. The number of cyclic esters (lactones) is 1. The molecule has 1 aromatic rings. The Balaban J connectivity index is 1.78. The molecule has 19 atom stereocenters. The number of carbonyl (C=O) groups is 3. The van der Waals surface area contributed by atoms with E-state index in [4.69, 9.17) is 42.6 Å². The van der Waals surface area contributed by atoms with E-state index in [9.17, 15) is 34.8 Å². The standard InChI is InChI=1S/C47H77NO16/c1-15-34-47(11,55)39(51)27(4)36(50)25(2)22-45(9,54)40(63-43-38(60-31(8)49)33(48(12)13)21-26(3)58-43)28(5)37(29(6)42(52)61-34)62-35-23-46(10,56-14)41(30(7)59-35)64-44(53)57-24-32-19-17-16-18-20-32/h16-20,25-30,33-41,43,50-51,54-55H,15,21-24H2,1-14H3/t25-,26-,27+,28+,29-,30+,33+,34-,35+,36+,37+,38-,39-,40-,41+,43+,45-,46-,47-/m1/s1. The number of aliphatic hydroxyl groups is 4. The second kappa shape index (κ2) is 22.2. The third kappa shape index (κ3) is 12.7. The first-order chi connectivity index (χ1) is 29.8. The van der Waals surface area contributed by atoms with Gasteiger partial charge in [0.1, 0.15) is 23.9 Å². The van der Waals surface area contributed by atoms with Gasteiger partial charge in [-0.1, -0.05) is 58.0 Å². The minimum atomic E-state index is -1.99. The highest BCUT2D eigenvalue weighted by molar-refractivity contribution is 5.73. The number of carbonyl (C=O) groups excluding carboxylic acids is 3. The first kappa shape index (κ1) is 53.6. The van der Waals surface area contributed by atoms with E-state index >= 15 is 0 Å². The summed E-state index contributed by atoms with van der Waals surface area (Å²) in [6.45, 7) is 17.9. The Morgan fingerprint density at radius 3 is 2.09 bits per heavy atom. The Morgan fingerprint density at radius 1 is 0.875 bits per heavy atom. The summed E-state index contributed by atoms with van der Waals surface area (Å²) in [5, 5.41) is 47.8. The van der Waals surface area contributed by atoms with Crippen molar-refractivity contribution in [3.63, 3.8) is 0 Å². The van der Waals surface area contributed by atoms with Crippen LogP contribution in [0.1, 0.15) is 107 Å². The molecule has 0 unspecified atom stereocenters. The van der Waals surface area contributed by atoms with E-state index in [0.29, 0.717) is 6.42 Å². The summed E-state index contributed by atoms with van der Waals surface area (Å²) >= 11 is 0. The Morgan fingerprint density at radius 2 is 1.52 bits per heavy atom. The lowest BCUT2D eigenvalue weighted by Crippen LogP contribution is -2.62. The fourth-order valence-corrected chi connectivity index (χ4v) is 9.95. The zero-order chi connectivity index (χ0) is 48.1. The fourth-order valence-electron chi connectivity index (χ4n) is 9.95. The van der Waals surface area contributed by atoms with E-state index in [1.54, 1.807) is 55.4 Å². The van der Waals surface area contributed by atoms with Crippen molar-refractivity contribution in [2.45, 2.75) is 199 Å². The molecule has 4 N–H and O–H groups in total. The summed E-state index contributed by atoms with van der Waals surface area (Å²) in [6.07, 6.45) is -12.2. The van der Waals surface area contributed by atoms with Gasteiger partial charge in [-0.05, 0) is 86.4 Å². The van der Waals surface area contributed by atoms with Crippen LogP contribution < -0.4 is 0 Å². The SMILES string of the molecule is CC[C@H]1OC(=O)[C@H](C)[C@@H](O[C@H]2C[C@@](C)(OC)[C@@H](OC(=O)OCc3ccccc3)[C@H](C)O2)[C@H](C)[C@@H](O[C@@H]2O[C@H](C)C[C@H](N(C)C)[C@H]2OC(C)=O)[C@](C)(O)C[C@@H](C)[C@H](O)[C@H](C)[C@@H](O)[C@]1(C)O. The van der Waals surface area contributed by atoms with E-state index in [0.717, 1.165) is 5.56 Å². The fraction of sp³-hybridized carbons (Fsp3) is 0.809. The lowest BCUT2D eigenvalue weighted by atomic mass is 9.73. The highest BCUT2D eigenvalue weighted by atomic mass is 16.8. The summed E-state index contributed by atoms with van der Waals surface area (Å²) in [5.41, 5.74) is -4.24. The average molecular weight is 912 g/mol. The minimum Gasteiger partial charge on any atom is -0.459 e. The van der Waals surface area contributed by atoms with Crippen molar-refractivity contribution in [3.05, 3.63) is 35.9 Å². The van der Waals surface area contributed by atoms with Gasteiger partial charge in [0, 0.05) is 32.3 Å². The number of rotatable bonds is 11. The van der Waals surface area contributed by atoms with E-state index in [-0.39, 0.29) is 38.0 Å². The molecule has 366 valence electrons. The van der Waals surface area contributed by atoms with Crippen LogP contribution in [-0.2, 0) is 58.8 Å². The molecule has 4 rings (SSSR count). The highest BCUT2D eigenvalue weighted by Crippen LogP contribution is 2.42. The lowest BCUT2D eigenvalue weighted by molar-refractivity contribution is -0.319. The van der Waals surface area contributed by atoms with Crippen LogP contribution in [0.25, 0.3) is 0 Å². The molecule has 0 radical (unpaired) electrons. The summed E-state index contributed by atoms with van der Waals surface area (Å²) in [4.78, 5) is 42.0. The number of methoxy groups -OCH3 is 1. The lowest BCUT2D eigenvalue weighted by Gasteiger charge is -2.50. The quantitative estimate of drug-likeness (QED) is 0.177. The molecule has 0 aliphatic carbocycles. The molecule has 0 spiro atoms. The van der Waals surface area contributed by atoms with Gasteiger partial charge in [0.2, 0.25) is 0 Å². The predicted molar refractivity (Wildman–Crippen MR) is 232 cm³/mol. The van der Waals surface area contributed by atoms with Gasteiger partial charge in [-0.15, -0.1) is 0 Å². The van der Waals surface area contributed by atoms with Crippen LogP contribution in [-0.4, -0.2) is 155 Å². The molecular formula is C47H77NO16. The molecule has 3 heterocycles. The minimum absolute atomic E-state index is 0.000723. The first-order valence-electron chi connectivity index (χ1n) is 22.7. The van der Waals surface area contributed by atoms with Crippen molar-refractivity contribution in [1.82, 2.24) is 4.90 Å². The van der Waals surface area contributed by atoms with E-state index in [1.807, 2.05) is 56.3 Å². The molecule has 0 aromatic heterocycles. The molecule has 0 bridgehead atoms. The van der Waals surface area contributed by atoms with Gasteiger partial charge in [-0.2, -0.15) is 0 Å². The van der Waals surface area contributed by atoms with Crippen LogP contribution >= 0.6 is 0 Å². The van der Waals surface area contributed by atoms with Gasteiger partial charge in [-0.25, -0.2) is 4.79 Å². The summed E-state index contributed by atoms with van der Waals surface area (Å²) < 4.78 is 55.6. The molecule has 1 aromatic carbocycles. The number of likely N-dealkylation sites (N-methyl/N-ethyl adjacent to an activating group) is 1. The summed E-state index contributed by atoms with van der Waals surface area (Å²) in [7, 11) is 5.18. The summed E-state index contributed by atoms with van der Waals surface area (Å²) in [6, 6.07) is 8.81. The maximum absolute atomic E-state index is 14.4. The smallest absolute Gasteiger partial charge is 0.459 e. The van der Waals surface area contributed by atoms with Crippen molar-refractivity contribution in [1.29, 1.82) is 0 Å². The van der Waals surface area contributed by atoms with Crippen LogP contribution in [0.3, 0.4) is 0 Å². The Labute approximate surface area is 379 Å². The van der Waals surface area contributed by atoms with Gasteiger partial charge in [-0.3, -0.25) is 9.59 Å². The van der Waals surface area contributed by atoms with Crippen LogP contribution in [0, 0.1) is 23.7 Å². The number of hydrogen-bond acceptors (Lipinski definition) is 17. The molecule has 17 heteroatoms. The van der Waals surface area contributed by atoms with Crippen molar-refractivity contribution >= 4 is 18.1 Å². The first-order valence-corrected chi connectivity index (χ1v) is 22.7. The van der Waals surface area contributed by atoms with Crippen LogP contribution in [0.15, 0.2) is 30.3 Å². The maximum Gasteiger partial charge on any atom is 0.509 e. The van der Waals surface area contributed by atoms with Crippen LogP contribution in [0.4, 0.5) is 4.79 Å². The molecular weight excluding hydrogens is 835 g/mol. The molecule has 0 amide bonds. The summed E-state index contributed by atoms with van der Waals surface area (Å²) in [5.74, 6) is -5.03. The molecule has 64 heavy (non-hydrogen) atoms. The number of aliphatic hydroxyl groups excluding tert-OH is 2. The monoisotopic (exact) mass is 912 g/mol. The number of esters is 2. The molecule has 3 aliphatic heterocycles. The van der Waals surface area contributed by atoms with Gasteiger partial charge >= 0.3 is 18.1 Å². The largest absolute Gasteiger partial charge is 0.509 e. The van der Waals surface area contributed by atoms with Gasteiger partial charge < -0.3 is 68.0 Å². The zero-order valence-electron chi connectivity index (χ0n) is 40.3. The maximum atomic E-state index is 14.4. The Bertz CT molecular complexity index is 1660. The number of benzene rings is 1. The van der Waals surface area contributed by atoms with Crippen LogP contribution in [0.5, 0.6) is 0 Å². The highest BCUT2D eigenvalue weighted by Gasteiger charge is 2.55. The second-order valence-electron chi connectivity index (χ2n) is 19.4. The molecule has 17 nitrogen and oxygen atoms in total. The third-order valence-electron chi connectivity index (χ3n) is 13.7. The molecule has 0 saturated carbocycles. The topological polar surface area (TPSA) is 218 Å². The Hall–Kier alpha value is -2.97. The molecule has 3 fully saturated rings. The zero-order valence-corrected chi connectivity index (χ0v) is 40.3. The van der Waals surface area contributed by atoms with E-state index in [1.165, 1.54) is 21.0 Å².